The topological polar surface area (TPSA) is 62.3 Å². The molecule has 0 unspecified atom stereocenters. The Balaban J connectivity index is 1.73. The summed E-state index contributed by atoms with van der Waals surface area (Å²) in [6, 6.07) is 6.65. The molecule has 1 aliphatic rings. The molecule has 0 saturated heterocycles. The van der Waals surface area contributed by atoms with Crippen LogP contribution < -0.4 is 5.32 Å². The maximum atomic E-state index is 12.2. The van der Waals surface area contributed by atoms with Crippen LogP contribution in [0.25, 0.3) is 0 Å². The highest BCUT2D eigenvalue weighted by Crippen LogP contribution is 2.28. The number of hydrogen-bond donors (Lipinski definition) is 1. The van der Waals surface area contributed by atoms with Crippen LogP contribution >= 0.6 is 11.3 Å². The number of aromatic nitrogens is 1. The molecule has 0 radical (unpaired) electrons. The zero-order valence-electron chi connectivity index (χ0n) is 12.5. The van der Waals surface area contributed by atoms with E-state index in [4.69, 9.17) is 0 Å². The molecule has 0 saturated carbocycles. The number of anilines is 1. The maximum absolute atomic E-state index is 12.2. The van der Waals surface area contributed by atoms with Crippen LogP contribution in [0.2, 0.25) is 0 Å². The van der Waals surface area contributed by atoms with E-state index in [-0.39, 0.29) is 11.7 Å². The highest BCUT2D eigenvalue weighted by atomic mass is 32.1. The largest absolute Gasteiger partial charge is 0.301 e. The zero-order chi connectivity index (χ0) is 15.7. The lowest BCUT2D eigenvalue weighted by Gasteiger charge is -2.20. The molecule has 3 rings (SSSR count). The number of carbonyl (C=O) groups is 2. The fraction of sp³-hybridized carbons (Fsp3) is 0.312. The SMILES string of the molecule is CC(=O)c1ccc(C(=O)Nc2nc3c(s2)CN(C)CC3)cc1. The summed E-state index contributed by atoms with van der Waals surface area (Å²) in [4.78, 5) is 31.4. The van der Waals surface area contributed by atoms with Gasteiger partial charge in [0.2, 0.25) is 0 Å². The Morgan fingerprint density at radius 1 is 1.23 bits per heavy atom. The summed E-state index contributed by atoms with van der Waals surface area (Å²) in [6.07, 6.45) is 0.922. The van der Waals surface area contributed by atoms with E-state index in [2.05, 4.69) is 22.2 Å². The fourth-order valence-corrected chi connectivity index (χ4v) is 3.49. The van der Waals surface area contributed by atoms with Gasteiger partial charge in [0.25, 0.3) is 5.91 Å². The number of Topliss-reactive ketones (excluding diaryl/α,β-unsaturated/α-hetero) is 1. The molecule has 22 heavy (non-hydrogen) atoms. The monoisotopic (exact) mass is 315 g/mol. The molecule has 1 aromatic carbocycles. The summed E-state index contributed by atoms with van der Waals surface area (Å²) >= 11 is 1.53. The van der Waals surface area contributed by atoms with Crippen molar-refractivity contribution in [2.75, 3.05) is 18.9 Å². The Kier molecular flexibility index (Phi) is 4.04. The van der Waals surface area contributed by atoms with E-state index in [1.54, 1.807) is 24.3 Å². The van der Waals surface area contributed by atoms with Gasteiger partial charge < -0.3 is 4.90 Å². The summed E-state index contributed by atoms with van der Waals surface area (Å²) in [5.74, 6) is -0.210. The zero-order valence-corrected chi connectivity index (χ0v) is 13.4. The quantitative estimate of drug-likeness (QED) is 0.884. The molecule has 0 fully saturated rings. The number of hydrogen-bond acceptors (Lipinski definition) is 5. The number of nitrogens with one attached hydrogen (secondary N) is 1. The summed E-state index contributed by atoms with van der Waals surface area (Å²) < 4.78 is 0. The van der Waals surface area contributed by atoms with E-state index in [0.29, 0.717) is 16.3 Å². The minimum Gasteiger partial charge on any atom is -0.301 e. The summed E-state index contributed by atoms with van der Waals surface area (Å²) in [5.41, 5.74) is 2.21. The number of carbonyl (C=O) groups excluding carboxylic acids is 2. The number of ketones is 1. The van der Waals surface area contributed by atoms with Crippen LogP contribution in [0.3, 0.4) is 0 Å². The molecule has 5 nitrogen and oxygen atoms in total. The van der Waals surface area contributed by atoms with Crippen molar-refractivity contribution in [3.8, 4) is 0 Å². The molecule has 1 N–H and O–H groups in total. The normalized spacial score (nSPS) is 14.5. The fourth-order valence-electron chi connectivity index (χ4n) is 2.40. The Morgan fingerprint density at radius 2 is 1.91 bits per heavy atom. The number of fused-ring (bicyclic) bond motifs is 1. The van der Waals surface area contributed by atoms with Crippen molar-refractivity contribution in [2.45, 2.75) is 19.9 Å². The van der Waals surface area contributed by atoms with Gasteiger partial charge in [0.05, 0.1) is 5.69 Å². The van der Waals surface area contributed by atoms with Gasteiger partial charge in [-0.15, -0.1) is 11.3 Å². The van der Waals surface area contributed by atoms with Crippen molar-refractivity contribution >= 4 is 28.2 Å². The van der Waals surface area contributed by atoms with Crippen LogP contribution in [0.5, 0.6) is 0 Å². The molecule has 0 aliphatic carbocycles. The Morgan fingerprint density at radius 3 is 2.59 bits per heavy atom. The molecule has 0 bridgehead atoms. The maximum Gasteiger partial charge on any atom is 0.257 e. The third-order valence-electron chi connectivity index (χ3n) is 3.70. The molecule has 2 heterocycles. The van der Waals surface area contributed by atoms with Gasteiger partial charge in [-0.1, -0.05) is 12.1 Å². The van der Waals surface area contributed by atoms with E-state index >= 15 is 0 Å². The molecule has 2 aromatic rings. The van der Waals surface area contributed by atoms with Gasteiger partial charge >= 0.3 is 0 Å². The minimum absolute atomic E-state index is 0.0105. The molecule has 0 spiro atoms. The first-order valence-electron chi connectivity index (χ1n) is 7.12. The van der Waals surface area contributed by atoms with E-state index in [1.165, 1.54) is 23.1 Å². The van der Waals surface area contributed by atoms with Crippen molar-refractivity contribution in [3.63, 3.8) is 0 Å². The number of rotatable bonds is 3. The average molecular weight is 315 g/mol. The molecule has 1 amide bonds. The van der Waals surface area contributed by atoms with Crippen molar-refractivity contribution in [1.82, 2.24) is 9.88 Å². The Hall–Kier alpha value is -2.05. The molecular weight excluding hydrogens is 298 g/mol. The molecular formula is C16H17N3O2S. The van der Waals surface area contributed by atoms with Crippen LogP contribution in [0, 0.1) is 0 Å². The van der Waals surface area contributed by atoms with Gasteiger partial charge in [0.15, 0.2) is 10.9 Å². The molecule has 1 aromatic heterocycles. The van der Waals surface area contributed by atoms with Crippen molar-refractivity contribution in [1.29, 1.82) is 0 Å². The van der Waals surface area contributed by atoms with Crippen molar-refractivity contribution < 1.29 is 9.59 Å². The lowest BCUT2D eigenvalue weighted by Crippen LogP contribution is -2.25. The summed E-state index contributed by atoms with van der Waals surface area (Å²) in [5, 5.41) is 3.48. The van der Waals surface area contributed by atoms with E-state index in [9.17, 15) is 9.59 Å². The van der Waals surface area contributed by atoms with Crippen LogP contribution in [-0.4, -0.2) is 35.2 Å². The van der Waals surface area contributed by atoms with Gasteiger partial charge in [0, 0.05) is 35.5 Å². The van der Waals surface area contributed by atoms with Crippen LogP contribution in [0.4, 0.5) is 5.13 Å². The second kappa shape index (κ2) is 5.98. The van der Waals surface area contributed by atoms with Crippen molar-refractivity contribution in [3.05, 3.63) is 46.0 Å². The standard InChI is InChI=1S/C16H17N3O2S/c1-10(20)11-3-5-12(6-4-11)15(21)18-16-17-13-7-8-19(2)9-14(13)22-16/h3-6H,7-9H2,1-2H3,(H,17,18,21). The number of thiazole rings is 1. The lowest BCUT2D eigenvalue weighted by molar-refractivity contribution is 0.100. The predicted octanol–water partition coefficient (Wildman–Crippen LogP) is 2.59. The van der Waals surface area contributed by atoms with Crippen LogP contribution in [0.1, 0.15) is 38.2 Å². The number of amides is 1. The second-order valence-electron chi connectivity index (χ2n) is 5.46. The third-order valence-corrected chi connectivity index (χ3v) is 4.69. The number of benzene rings is 1. The van der Waals surface area contributed by atoms with Crippen molar-refractivity contribution in [2.24, 2.45) is 0 Å². The van der Waals surface area contributed by atoms with Gasteiger partial charge in [0.1, 0.15) is 0 Å². The number of nitrogens with zero attached hydrogens (tertiary/aromatic N) is 2. The van der Waals surface area contributed by atoms with Gasteiger partial charge in [-0.2, -0.15) is 0 Å². The van der Waals surface area contributed by atoms with E-state index in [0.717, 1.165) is 25.2 Å². The van der Waals surface area contributed by atoms with Gasteiger partial charge in [-0.05, 0) is 26.1 Å². The Labute approximate surface area is 133 Å². The summed E-state index contributed by atoms with van der Waals surface area (Å²) in [6.45, 7) is 3.39. The van der Waals surface area contributed by atoms with Crippen LogP contribution in [0.15, 0.2) is 24.3 Å². The molecule has 114 valence electrons. The van der Waals surface area contributed by atoms with E-state index in [1.807, 2.05) is 0 Å². The predicted molar refractivity (Wildman–Crippen MR) is 86.6 cm³/mol. The third kappa shape index (κ3) is 3.08. The van der Waals surface area contributed by atoms with E-state index < -0.39 is 0 Å². The van der Waals surface area contributed by atoms with Gasteiger partial charge in [-0.25, -0.2) is 4.98 Å². The first-order valence-corrected chi connectivity index (χ1v) is 7.94. The molecule has 6 heteroatoms. The minimum atomic E-state index is -0.199. The second-order valence-corrected chi connectivity index (χ2v) is 6.55. The highest BCUT2D eigenvalue weighted by molar-refractivity contribution is 7.15. The molecule has 0 atom stereocenters. The highest BCUT2D eigenvalue weighted by Gasteiger charge is 2.19. The first kappa shape index (κ1) is 14.9. The number of likely N-dealkylation sites (N-methyl/N-ethyl adjacent to an activating group) is 1. The summed E-state index contributed by atoms with van der Waals surface area (Å²) in [7, 11) is 2.08. The lowest BCUT2D eigenvalue weighted by atomic mass is 10.1. The smallest absolute Gasteiger partial charge is 0.257 e. The average Bonchev–Trinajstić information content (AvgIpc) is 2.88. The Bertz CT molecular complexity index is 721. The first-order chi connectivity index (χ1) is 10.5. The van der Waals surface area contributed by atoms with Crippen LogP contribution in [-0.2, 0) is 13.0 Å². The van der Waals surface area contributed by atoms with Gasteiger partial charge in [-0.3, -0.25) is 14.9 Å². The molecule has 1 aliphatic heterocycles.